The molecule has 3 nitrogen and oxygen atoms in total. The summed E-state index contributed by atoms with van der Waals surface area (Å²) in [6, 6.07) is 11.3. The molecular formula is C15H13ClFNO2. The van der Waals surface area contributed by atoms with Crippen LogP contribution < -0.4 is 5.32 Å². The number of aliphatic hydroxyl groups excluding tert-OH is 1. The van der Waals surface area contributed by atoms with Gasteiger partial charge in [0.15, 0.2) is 0 Å². The third-order valence-corrected chi connectivity index (χ3v) is 3.21. The summed E-state index contributed by atoms with van der Waals surface area (Å²) in [4.78, 5) is 11.9. The molecule has 0 spiro atoms. The van der Waals surface area contributed by atoms with Gasteiger partial charge in [0.2, 0.25) is 0 Å². The molecule has 0 fully saturated rings. The molecule has 0 aliphatic rings. The molecule has 2 rings (SSSR count). The van der Waals surface area contributed by atoms with Gasteiger partial charge in [-0.25, -0.2) is 4.39 Å². The molecule has 0 saturated carbocycles. The first-order valence-corrected chi connectivity index (χ1v) is 6.40. The fourth-order valence-electron chi connectivity index (χ4n) is 1.79. The zero-order chi connectivity index (χ0) is 14.5. The number of hydrogen-bond donors (Lipinski definition) is 2. The predicted octanol–water partition coefficient (Wildman–Crippen LogP) is 2.90. The fourth-order valence-corrected chi connectivity index (χ4v) is 2.01. The first kappa shape index (κ1) is 14.5. The summed E-state index contributed by atoms with van der Waals surface area (Å²) in [5.74, 6) is -1.06. The summed E-state index contributed by atoms with van der Waals surface area (Å²) < 4.78 is 13.3. The largest absolute Gasteiger partial charge is 0.392 e. The second kappa shape index (κ2) is 6.50. The summed E-state index contributed by atoms with van der Waals surface area (Å²) in [5.41, 5.74) is 1.71. The molecule has 0 bridgehead atoms. The Hall–Kier alpha value is -1.91. The lowest BCUT2D eigenvalue weighted by Gasteiger charge is -2.08. The number of halogens is 2. The molecular weight excluding hydrogens is 281 g/mol. The maximum absolute atomic E-state index is 13.3. The number of carbonyl (C=O) groups excluding carboxylic acids is 1. The maximum atomic E-state index is 13.3. The van der Waals surface area contributed by atoms with Crippen molar-refractivity contribution in [2.24, 2.45) is 0 Å². The molecule has 2 aromatic carbocycles. The van der Waals surface area contributed by atoms with Gasteiger partial charge < -0.3 is 10.4 Å². The van der Waals surface area contributed by atoms with E-state index in [0.29, 0.717) is 0 Å². The molecule has 0 radical (unpaired) electrons. The Kier molecular flexibility index (Phi) is 4.71. The number of aliphatic hydroxyl groups is 1. The normalized spacial score (nSPS) is 10.3. The highest BCUT2D eigenvalue weighted by Crippen LogP contribution is 2.19. The number of benzene rings is 2. The average Bonchev–Trinajstić information content (AvgIpc) is 2.48. The molecule has 0 heterocycles. The van der Waals surface area contributed by atoms with Crippen molar-refractivity contribution in [3.63, 3.8) is 0 Å². The van der Waals surface area contributed by atoms with E-state index in [2.05, 4.69) is 5.32 Å². The number of carbonyl (C=O) groups is 1. The second-order valence-electron chi connectivity index (χ2n) is 4.26. The number of nitrogens with one attached hydrogen (secondary N) is 1. The van der Waals surface area contributed by atoms with Crippen molar-refractivity contribution in [2.45, 2.75) is 13.2 Å². The minimum atomic E-state index is -0.624. The SMILES string of the molecule is O=C(NCc1cccc(CO)c1)c1cccc(F)c1Cl. The zero-order valence-corrected chi connectivity index (χ0v) is 11.3. The van der Waals surface area contributed by atoms with Gasteiger partial charge in [0.1, 0.15) is 5.82 Å². The molecule has 2 N–H and O–H groups in total. The van der Waals surface area contributed by atoms with Crippen LogP contribution in [-0.2, 0) is 13.2 Å². The van der Waals surface area contributed by atoms with Crippen LogP contribution in [0.5, 0.6) is 0 Å². The van der Waals surface area contributed by atoms with Gasteiger partial charge in [-0.15, -0.1) is 0 Å². The standard InChI is InChI=1S/C15H13ClFNO2/c16-14-12(5-2-6-13(14)17)15(20)18-8-10-3-1-4-11(7-10)9-19/h1-7,19H,8-9H2,(H,18,20). The highest BCUT2D eigenvalue weighted by atomic mass is 35.5. The van der Waals surface area contributed by atoms with Gasteiger partial charge in [0, 0.05) is 6.54 Å². The van der Waals surface area contributed by atoms with Gasteiger partial charge in [-0.3, -0.25) is 4.79 Å². The predicted molar refractivity (Wildman–Crippen MR) is 74.9 cm³/mol. The first-order valence-electron chi connectivity index (χ1n) is 6.02. The number of hydrogen-bond acceptors (Lipinski definition) is 2. The molecule has 0 aromatic heterocycles. The van der Waals surface area contributed by atoms with Gasteiger partial charge in [-0.2, -0.15) is 0 Å². The van der Waals surface area contributed by atoms with Crippen molar-refractivity contribution < 1.29 is 14.3 Å². The van der Waals surface area contributed by atoms with Gasteiger partial charge in [-0.1, -0.05) is 41.9 Å². The zero-order valence-electron chi connectivity index (χ0n) is 10.6. The molecule has 104 valence electrons. The van der Waals surface area contributed by atoms with Crippen molar-refractivity contribution in [3.05, 3.63) is 70.0 Å². The summed E-state index contributed by atoms with van der Waals surface area (Å²) in [6.45, 7) is 0.219. The van der Waals surface area contributed by atoms with Crippen LogP contribution in [0.25, 0.3) is 0 Å². The van der Waals surface area contributed by atoms with Crippen LogP contribution >= 0.6 is 11.6 Å². The lowest BCUT2D eigenvalue weighted by molar-refractivity contribution is 0.0950. The molecule has 0 unspecified atom stereocenters. The molecule has 0 atom stereocenters. The summed E-state index contributed by atoms with van der Waals surface area (Å²) in [6.07, 6.45) is 0. The minimum absolute atomic E-state index is 0.0580. The van der Waals surface area contributed by atoms with Crippen molar-refractivity contribution in [3.8, 4) is 0 Å². The molecule has 0 aliphatic carbocycles. The van der Waals surface area contributed by atoms with Crippen LogP contribution in [0.3, 0.4) is 0 Å². The van der Waals surface area contributed by atoms with Crippen LogP contribution in [0.2, 0.25) is 5.02 Å². The van der Waals surface area contributed by atoms with E-state index >= 15 is 0 Å². The Bertz CT molecular complexity index is 631. The fraction of sp³-hybridized carbons (Fsp3) is 0.133. The molecule has 2 aromatic rings. The Morgan fingerprint density at radius 1 is 1.20 bits per heavy atom. The summed E-state index contributed by atoms with van der Waals surface area (Å²) in [5, 5.41) is 11.5. The molecule has 1 amide bonds. The van der Waals surface area contributed by atoms with Gasteiger partial charge >= 0.3 is 0 Å². The first-order chi connectivity index (χ1) is 9.61. The smallest absolute Gasteiger partial charge is 0.253 e. The Morgan fingerprint density at radius 2 is 1.90 bits per heavy atom. The molecule has 5 heteroatoms. The van der Waals surface area contributed by atoms with E-state index in [1.165, 1.54) is 18.2 Å². The van der Waals surface area contributed by atoms with Crippen LogP contribution in [0.1, 0.15) is 21.5 Å². The van der Waals surface area contributed by atoms with E-state index in [4.69, 9.17) is 16.7 Å². The third kappa shape index (κ3) is 3.35. The van der Waals surface area contributed by atoms with Crippen LogP contribution in [-0.4, -0.2) is 11.0 Å². The second-order valence-corrected chi connectivity index (χ2v) is 4.64. The summed E-state index contributed by atoms with van der Waals surface area (Å²) in [7, 11) is 0. The minimum Gasteiger partial charge on any atom is -0.392 e. The van der Waals surface area contributed by atoms with E-state index in [0.717, 1.165) is 11.1 Å². The lowest BCUT2D eigenvalue weighted by atomic mass is 10.1. The Labute approximate surface area is 121 Å². The molecule has 20 heavy (non-hydrogen) atoms. The maximum Gasteiger partial charge on any atom is 0.253 e. The van der Waals surface area contributed by atoms with Crippen molar-refractivity contribution in [2.75, 3.05) is 0 Å². The Balaban J connectivity index is 2.06. The van der Waals surface area contributed by atoms with Gasteiger partial charge in [0.25, 0.3) is 5.91 Å². The monoisotopic (exact) mass is 293 g/mol. The highest BCUT2D eigenvalue weighted by molar-refractivity contribution is 6.34. The van der Waals surface area contributed by atoms with Gasteiger partial charge in [-0.05, 0) is 23.3 Å². The van der Waals surface area contributed by atoms with E-state index in [-0.39, 0.29) is 23.7 Å². The molecule has 0 aliphatic heterocycles. The van der Waals surface area contributed by atoms with E-state index in [9.17, 15) is 9.18 Å². The van der Waals surface area contributed by atoms with Crippen molar-refractivity contribution >= 4 is 17.5 Å². The van der Waals surface area contributed by atoms with Gasteiger partial charge in [0.05, 0.1) is 17.2 Å². The Morgan fingerprint density at radius 3 is 2.65 bits per heavy atom. The van der Waals surface area contributed by atoms with Crippen LogP contribution in [0.4, 0.5) is 4.39 Å². The average molecular weight is 294 g/mol. The van der Waals surface area contributed by atoms with Crippen LogP contribution in [0, 0.1) is 5.82 Å². The number of amides is 1. The highest BCUT2D eigenvalue weighted by Gasteiger charge is 2.12. The van der Waals surface area contributed by atoms with E-state index in [1.807, 2.05) is 6.07 Å². The molecule has 0 saturated heterocycles. The quantitative estimate of drug-likeness (QED) is 0.910. The van der Waals surface area contributed by atoms with E-state index < -0.39 is 11.7 Å². The number of rotatable bonds is 4. The van der Waals surface area contributed by atoms with Crippen LogP contribution in [0.15, 0.2) is 42.5 Å². The third-order valence-electron chi connectivity index (χ3n) is 2.82. The summed E-state index contributed by atoms with van der Waals surface area (Å²) >= 11 is 5.75. The topological polar surface area (TPSA) is 49.3 Å². The van der Waals surface area contributed by atoms with Crippen molar-refractivity contribution in [1.82, 2.24) is 5.32 Å². The van der Waals surface area contributed by atoms with E-state index in [1.54, 1.807) is 18.2 Å². The lowest BCUT2D eigenvalue weighted by Crippen LogP contribution is -2.23. The van der Waals surface area contributed by atoms with Crippen molar-refractivity contribution in [1.29, 1.82) is 0 Å².